The van der Waals surface area contributed by atoms with Gasteiger partial charge >= 0.3 is 0 Å². The highest BCUT2D eigenvalue weighted by molar-refractivity contribution is 5.92. The molecule has 0 aromatic carbocycles. The lowest BCUT2D eigenvalue weighted by molar-refractivity contribution is -0.125. The van der Waals surface area contributed by atoms with Crippen LogP contribution in [-0.2, 0) is 4.79 Å². The number of allylic oxidation sites excluding steroid dienone is 1. The Hall–Kier alpha value is -0.670. The molecule has 3 heteroatoms. The number of aliphatic hydroxyl groups excluding tert-OH is 1. The number of aliphatic hydroxyl groups is 2. The Bertz CT molecular complexity index is 315. The molecule has 0 aliphatic heterocycles. The predicted octanol–water partition coefficient (Wildman–Crippen LogP) is 1.82. The molecule has 0 aromatic rings. The maximum absolute atomic E-state index is 11.5. The molecule has 0 saturated heterocycles. The molecule has 1 rings (SSSR count). The van der Waals surface area contributed by atoms with Crippen LogP contribution in [-0.4, -0.2) is 27.7 Å². The molecule has 92 valence electrons. The Kier molecular flexibility index (Phi) is 3.60. The summed E-state index contributed by atoms with van der Waals surface area (Å²) in [6, 6.07) is 0. The molecule has 2 N–H and O–H groups in total. The third kappa shape index (κ3) is 2.36. The standard InChI is InChI=1S/C13H22O3/c1-9-7-11(15)8-12(3,4)13(9,16)6-5-10(2)14/h7,10,14,16H,5-6,8H2,1-4H3/t10-,13-/m0/s1. The van der Waals surface area contributed by atoms with Crippen molar-refractivity contribution in [3.05, 3.63) is 11.6 Å². The Morgan fingerprint density at radius 2 is 2.06 bits per heavy atom. The van der Waals surface area contributed by atoms with E-state index in [2.05, 4.69) is 0 Å². The summed E-state index contributed by atoms with van der Waals surface area (Å²) in [5.74, 6) is 0.0734. The van der Waals surface area contributed by atoms with Crippen molar-refractivity contribution in [2.24, 2.45) is 5.41 Å². The van der Waals surface area contributed by atoms with E-state index < -0.39 is 17.1 Å². The van der Waals surface area contributed by atoms with Crippen molar-refractivity contribution in [3.8, 4) is 0 Å². The molecule has 1 aliphatic rings. The van der Waals surface area contributed by atoms with Crippen LogP contribution >= 0.6 is 0 Å². The fraction of sp³-hybridized carbons (Fsp3) is 0.769. The summed E-state index contributed by atoms with van der Waals surface area (Å²) in [5, 5.41) is 20.0. The third-order valence-electron chi connectivity index (χ3n) is 3.69. The van der Waals surface area contributed by atoms with Crippen molar-refractivity contribution in [1.29, 1.82) is 0 Å². The minimum Gasteiger partial charge on any atom is -0.393 e. The van der Waals surface area contributed by atoms with E-state index in [4.69, 9.17) is 0 Å². The number of carbonyl (C=O) groups excluding carboxylic acids is 1. The van der Waals surface area contributed by atoms with E-state index in [1.165, 1.54) is 6.08 Å². The largest absolute Gasteiger partial charge is 0.393 e. The van der Waals surface area contributed by atoms with Crippen molar-refractivity contribution < 1.29 is 15.0 Å². The van der Waals surface area contributed by atoms with E-state index in [1.54, 1.807) is 13.8 Å². The normalized spacial score (nSPS) is 31.1. The second-order valence-electron chi connectivity index (χ2n) is 5.60. The molecular formula is C13H22O3. The maximum Gasteiger partial charge on any atom is 0.156 e. The molecule has 3 nitrogen and oxygen atoms in total. The van der Waals surface area contributed by atoms with E-state index in [-0.39, 0.29) is 5.78 Å². The lowest BCUT2D eigenvalue weighted by Crippen LogP contribution is -2.49. The lowest BCUT2D eigenvalue weighted by atomic mass is 9.63. The Balaban J connectivity index is 2.97. The van der Waals surface area contributed by atoms with Crippen molar-refractivity contribution >= 4 is 5.78 Å². The average molecular weight is 226 g/mol. The molecule has 0 spiro atoms. The molecule has 0 amide bonds. The first-order valence-electron chi connectivity index (χ1n) is 5.81. The monoisotopic (exact) mass is 226 g/mol. The van der Waals surface area contributed by atoms with Gasteiger partial charge in [-0.2, -0.15) is 0 Å². The zero-order chi connectivity index (χ0) is 12.6. The van der Waals surface area contributed by atoms with Gasteiger partial charge in [0.05, 0.1) is 11.7 Å². The van der Waals surface area contributed by atoms with Gasteiger partial charge in [0.25, 0.3) is 0 Å². The first-order valence-corrected chi connectivity index (χ1v) is 5.81. The number of ketones is 1. The van der Waals surface area contributed by atoms with Crippen LogP contribution in [0.25, 0.3) is 0 Å². The van der Waals surface area contributed by atoms with E-state index in [0.717, 1.165) is 5.57 Å². The number of rotatable bonds is 3. The zero-order valence-electron chi connectivity index (χ0n) is 10.6. The summed E-state index contributed by atoms with van der Waals surface area (Å²) in [4.78, 5) is 11.5. The molecule has 0 heterocycles. The van der Waals surface area contributed by atoms with Gasteiger partial charge in [0, 0.05) is 11.8 Å². The molecule has 1 aliphatic carbocycles. The molecule has 0 aromatic heterocycles. The van der Waals surface area contributed by atoms with Crippen LogP contribution in [0.3, 0.4) is 0 Å². The van der Waals surface area contributed by atoms with Crippen molar-refractivity contribution in [3.63, 3.8) is 0 Å². The van der Waals surface area contributed by atoms with Crippen LogP contribution in [0.15, 0.2) is 11.6 Å². The molecule has 0 unspecified atom stereocenters. The van der Waals surface area contributed by atoms with E-state index in [1.807, 2.05) is 13.8 Å². The highest BCUT2D eigenvalue weighted by Crippen LogP contribution is 2.45. The van der Waals surface area contributed by atoms with Crippen LogP contribution in [0.1, 0.15) is 47.0 Å². The van der Waals surface area contributed by atoms with Gasteiger partial charge in [-0.25, -0.2) is 0 Å². The van der Waals surface area contributed by atoms with Gasteiger partial charge in [-0.3, -0.25) is 4.79 Å². The molecule has 0 saturated carbocycles. The van der Waals surface area contributed by atoms with Crippen molar-refractivity contribution in [2.45, 2.75) is 58.7 Å². The van der Waals surface area contributed by atoms with Crippen LogP contribution in [0.5, 0.6) is 0 Å². The fourth-order valence-electron chi connectivity index (χ4n) is 2.48. The minimum absolute atomic E-state index is 0.0734. The van der Waals surface area contributed by atoms with Gasteiger partial charge in [0.2, 0.25) is 0 Å². The predicted molar refractivity (Wildman–Crippen MR) is 63.0 cm³/mol. The van der Waals surface area contributed by atoms with E-state index >= 15 is 0 Å². The molecule has 2 atom stereocenters. The number of carbonyl (C=O) groups is 1. The van der Waals surface area contributed by atoms with Gasteiger partial charge in [-0.05, 0) is 38.3 Å². The second-order valence-corrected chi connectivity index (χ2v) is 5.60. The quantitative estimate of drug-likeness (QED) is 0.771. The molecule has 0 fully saturated rings. The van der Waals surface area contributed by atoms with Crippen LogP contribution in [0.4, 0.5) is 0 Å². The molecule has 0 radical (unpaired) electrons. The van der Waals surface area contributed by atoms with Gasteiger partial charge in [-0.15, -0.1) is 0 Å². The Labute approximate surface area is 97.2 Å². The van der Waals surface area contributed by atoms with Crippen LogP contribution in [0, 0.1) is 5.41 Å². The van der Waals surface area contributed by atoms with Crippen LogP contribution < -0.4 is 0 Å². The third-order valence-corrected chi connectivity index (χ3v) is 3.69. The highest BCUT2D eigenvalue weighted by atomic mass is 16.3. The zero-order valence-corrected chi connectivity index (χ0v) is 10.6. The van der Waals surface area contributed by atoms with Crippen LogP contribution in [0.2, 0.25) is 0 Å². The summed E-state index contributed by atoms with van der Waals surface area (Å²) >= 11 is 0. The first-order chi connectivity index (χ1) is 7.19. The topological polar surface area (TPSA) is 57.5 Å². The Morgan fingerprint density at radius 1 is 1.50 bits per heavy atom. The van der Waals surface area contributed by atoms with Gasteiger partial charge in [0.15, 0.2) is 5.78 Å². The van der Waals surface area contributed by atoms with Gasteiger partial charge < -0.3 is 10.2 Å². The number of hydrogen-bond donors (Lipinski definition) is 2. The summed E-state index contributed by atoms with van der Waals surface area (Å²) < 4.78 is 0. The minimum atomic E-state index is -0.974. The van der Waals surface area contributed by atoms with E-state index in [0.29, 0.717) is 19.3 Å². The second kappa shape index (κ2) is 4.30. The molecule has 16 heavy (non-hydrogen) atoms. The Morgan fingerprint density at radius 3 is 2.50 bits per heavy atom. The smallest absolute Gasteiger partial charge is 0.156 e. The van der Waals surface area contributed by atoms with Gasteiger partial charge in [-0.1, -0.05) is 13.8 Å². The summed E-state index contributed by atoms with van der Waals surface area (Å²) in [6.07, 6.45) is 2.51. The highest BCUT2D eigenvalue weighted by Gasteiger charge is 2.47. The summed E-state index contributed by atoms with van der Waals surface area (Å²) in [7, 11) is 0. The lowest BCUT2D eigenvalue weighted by Gasteiger charge is -2.46. The van der Waals surface area contributed by atoms with Gasteiger partial charge in [0.1, 0.15) is 0 Å². The summed E-state index contributed by atoms with van der Waals surface area (Å²) in [5.41, 5.74) is -0.718. The summed E-state index contributed by atoms with van der Waals surface area (Å²) in [6.45, 7) is 7.32. The first kappa shape index (κ1) is 13.4. The average Bonchev–Trinajstić information content (AvgIpc) is 2.10. The SMILES string of the molecule is CC1=CC(=O)CC(C)(C)[C@]1(O)CC[C@H](C)O. The van der Waals surface area contributed by atoms with Crippen molar-refractivity contribution in [1.82, 2.24) is 0 Å². The van der Waals surface area contributed by atoms with Crippen molar-refractivity contribution in [2.75, 3.05) is 0 Å². The molecular weight excluding hydrogens is 204 g/mol. The van der Waals surface area contributed by atoms with E-state index in [9.17, 15) is 15.0 Å². The maximum atomic E-state index is 11.5. The molecule has 0 bridgehead atoms. The fourth-order valence-corrected chi connectivity index (χ4v) is 2.48. The number of hydrogen-bond acceptors (Lipinski definition) is 3.